The van der Waals surface area contributed by atoms with E-state index in [4.69, 9.17) is 9.47 Å². The highest BCUT2D eigenvalue weighted by molar-refractivity contribution is 5.73. The predicted octanol–water partition coefficient (Wildman–Crippen LogP) is 1.28. The topological polar surface area (TPSA) is 35.5 Å². The van der Waals surface area contributed by atoms with Gasteiger partial charge in [-0.15, -0.1) is 0 Å². The fourth-order valence-corrected chi connectivity index (χ4v) is 1.43. The average Bonchev–Trinajstić information content (AvgIpc) is 2.80. The van der Waals surface area contributed by atoms with Gasteiger partial charge in [-0.25, -0.2) is 0 Å². The molecule has 2 rings (SSSR count). The molecule has 0 radical (unpaired) electrons. The molecule has 0 amide bonds. The second kappa shape index (κ2) is 4.74. The van der Waals surface area contributed by atoms with Gasteiger partial charge in [0.15, 0.2) is 12.6 Å². The standard InChI is InChI=1S/C12H10O3/c13-6-2-4-10-3-1-5-11(9-10)12-14-7-8-15-12/h1,3,5-6,9,12H,7-8H2. The highest BCUT2D eigenvalue weighted by Gasteiger charge is 2.17. The van der Waals surface area contributed by atoms with E-state index in [2.05, 4.69) is 11.8 Å². The van der Waals surface area contributed by atoms with Crippen molar-refractivity contribution in [1.29, 1.82) is 0 Å². The second-order valence-electron chi connectivity index (χ2n) is 3.09. The summed E-state index contributed by atoms with van der Waals surface area (Å²) in [5.41, 5.74) is 1.73. The number of aldehydes is 1. The normalized spacial score (nSPS) is 15.7. The highest BCUT2D eigenvalue weighted by atomic mass is 16.7. The van der Waals surface area contributed by atoms with E-state index in [9.17, 15) is 4.79 Å². The van der Waals surface area contributed by atoms with E-state index in [0.717, 1.165) is 11.1 Å². The van der Waals surface area contributed by atoms with Crippen molar-refractivity contribution in [1.82, 2.24) is 0 Å². The van der Waals surface area contributed by atoms with Crippen molar-refractivity contribution in [2.75, 3.05) is 13.2 Å². The van der Waals surface area contributed by atoms with Gasteiger partial charge in [-0.1, -0.05) is 18.1 Å². The van der Waals surface area contributed by atoms with Gasteiger partial charge in [0, 0.05) is 11.1 Å². The SMILES string of the molecule is O=CC#Cc1cccc(C2OCCO2)c1. The molecule has 0 aromatic heterocycles. The molecule has 0 bridgehead atoms. The Morgan fingerprint density at radius 1 is 1.33 bits per heavy atom. The smallest absolute Gasteiger partial charge is 0.193 e. The Bertz CT molecular complexity index is 408. The van der Waals surface area contributed by atoms with Gasteiger partial charge in [0.1, 0.15) is 0 Å². The summed E-state index contributed by atoms with van der Waals surface area (Å²) in [6, 6.07) is 7.50. The maximum Gasteiger partial charge on any atom is 0.193 e. The Kier molecular flexibility index (Phi) is 3.13. The van der Waals surface area contributed by atoms with Crippen molar-refractivity contribution in [3.63, 3.8) is 0 Å². The molecule has 0 aliphatic carbocycles. The van der Waals surface area contributed by atoms with E-state index in [0.29, 0.717) is 19.5 Å². The molecule has 3 heteroatoms. The summed E-state index contributed by atoms with van der Waals surface area (Å²) in [6.45, 7) is 1.24. The first kappa shape index (κ1) is 9.91. The van der Waals surface area contributed by atoms with Crippen LogP contribution >= 0.6 is 0 Å². The molecule has 1 aromatic carbocycles. The van der Waals surface area contributed by atoms with Gasteiger partial charge in [0.25, 0.3) is 0 Å². The van der Waals surface area contributed by atoms with Crippen LogP contribution in [-0.4, -0.2) is 19.5 Å². The Hall–Kier alpha value is -1.63. The van der Waals surface area contributed by atoms with Crippen LogP contribution in [0.15, 0.2) is 24.3 Å². The molecule has 76 valence electrons. The minimum Gasteiger partial charge on any atom is -0.346 e. The van der Waals surface area contributed by atoms with Gasteiger partial charge in [-0.2, -0.15) is 0 Å². The van der Waals surface area contributed by atoms with Crippen LogP contribution in [0.2, 0.25) is 0 Å². The zero-order valence-electron chi connectivity index (χ0n) is 8.10. The van der Waals surface area contributed by atoms with Crippen LogP contribution in [0.3, 0.4) is 0 Å². The van der Waals surface area contributed by atoms with Crippen LogP contribution in [0, 0.1) is 11.8 Å². The van der Waals surface area contributed by atoms with Crippen molar-refractivity contribution >= 4 is 6.29 Å². The molecular weight excluding hydrogens is 192 g/mol. The number of hydrogen-bond acceptors (Lipinski definition) is 3. The summed E-state index contributed by atoms with van der Waals surface area (Å²) in [5.74, 6) is 5.10. The first-order valence-electron chi connectivity index (χ1n) is 4.68. The van der Waals surface area contributed by atoms with Gasteiger partial charge >= 0.3 is 0 Å². The molecule has 1 aromatic rings. The molecule has 1 aliphatic rings. The third-order valence-electron chi connectivity index (χ3n) is 2.06. The van der Waals surface area contributed by atoms with E-state index in [-0.39, 0.29) is 6.29 Å². The van der Waals surface area contributed by atoms with Crippen molar-refractivity contribution < 1.29 is 14.3 Å². The summed E-state index contributed by atoms with van der Waals surface area (Å²) < 4.78 is 10.7. The largest absolute Gasteiger partial charge is 0.346 e. The van der Waals surface area contributed by atoms with Crippen LogP contribution in [0.4, 0.5) is 0 Å². The van der Waals surface area contributed by atoms with E-state index in [1.54, 1.807) is 0 Å². The Balaban J connectivity index is 2.21. The maximum absolute atomic E-state index is 10.1. The summed E-state index contributed by atoms with van der Waals surface area (Å²) in [7, 11) is 0. The second-order valence-corrected chi connectivity index (χ2v) is 3.09. The number of hydrogen-bond donors (Lipinski definition) is 0. The Labute approximate surface area is 88.0 Å². The minimum absolute atomic E-state index is 0.289. The number of carbonyl (C=O) groups is 1. The number of carbonyl (C=O) groups excluding carboxylic acids is 1. The molecule has 0 atom stereocenters. The summed E-state index contributed by atoms with van der Waals surface area (Å²) in [6.07, 6.45) is 0.290. The molecule has 1 aliphatic heterocycles. The quantitative estimate of drug-likeness (QED) is 0.508. The van der Waals surface area contributed by atoms with Gasteiger partial charge < -0.3 is 9.47 Å². The van der Waals surface area contributed by atoms with E-state index < -0.39 is 0 Å². The molecule has 0 saturated carbocycles. The van der Waals surface area contributed by atoms with Crippen molar-refractivity contribution in [3.05, 3.63) is 35.4 Å². The Morgan fingerprint density at radius 2 is 2.13 bits per heavy atom. The maximum atomic E-state index is 10.1. The van der Waals surface area contributed by atoms with Gasteiger partial charge in [-0.3, -0.25) is 4.79 Å². The highest BCUT2D eigenvalue weighted by Crippen LogP contribution is 2.23. The zero-order valence-corrected chi connectivity index (χ0v) is 8.10. The molecule has 0 spiro atoms. The van der Waals surface area contributed by atoms with Crippen LogP contribution in [0.1, 0.15) is 17.4 Å². The number of ether oxygens (including phenoxy) is 2. The van der Waals surface area contributed by atoms with Crippen molar-refractivity contribution in [2.45, 2.75) is 6.29 Å². The van der Waals surface area contributed by atoms with Gasteiger partial charge in [-0.05, 0) is 18.1 Å². The summed E-state index contributed by atoms with van der Waals surface area (Å²) in [4.78, 5) is 10.1. The first-order valence-corrected chi connectivity index (χ1v) is 4.68. The fourth-order valence-electron chi connectivity index (χ4n) is 1.43. The lowest BCUT2D eigenvalue weighted by Gasteiger charge is -2.08. The first-order chi connectivity index (χ1) is 7.40. The van der Waals surface area contributed by atoms with E-state index in [1.807, 2.05) is 24.3 Å². The lowest BCUT2D eigenvalue weighted by atomic mass is 10.1. The van der Waals surface area contributed by atoms with Gasteiger partial charge in [0.05, 0.1) is 13.2 Å². The molecule has 0 N–H and O–H groups in total. The van der Waals surface area contributed by atoms with Crippen molar-refractivity contribution in [3.8, 4) is 11.8 Å². The molecule has 15 heavy (non-hydrogen) atoms. The monoisotopic (exact) mass is 202 g/mol. The molecule has 1 heterocycles. The van der Waals surface area contributed by atoms with Crippen LogP contribution in [-0.2, 0) is 14.3 Å². The summed E-state index contributed by atoms with van der Waals surface area (Å²) >= 11 is 0. The Morgan fingerprint density at radius 3 is 2.87 bits per heavy atom. The van der Waals surface area contributed by atoms with Crippen molar-refractivity contribution in [2.24, 2.45) is 0 Å². The lowest BCUT2D eigenvalue weighted by molar-refractivity contribution is -0.103. The molecular formula is C12H10O3. The minimum atomic E-state index is -0.289. The van der Waals surface area contributed by atoms with Crippen LogP contribution in [0.5, 0.6) is 0 Å². The molecule has 1 saturated heterocycles. The molecule has 3 nitrogen and oxygen atoms in total. The predicted molar refractivity (Wildman–Crippen MR) is 54.0 cm³/mol. The zero-order chi connectivity index (χ0) is 10.5. The third kappa shape index (κ3) is 2.44. The van der Waals surface area contributed by atoms with Gasteiger partial charge in [0.2, 0.25) is 0 Å². The molecule has 1 fully saturated rings. The summed E-state index contributed by atoms with van der Waals surface area (Å²) in [5, 5.41) is 0. The van der Waals surface area contributed by atoms with Crippen LogP contribution < -0.4 is 0 Å². The van der Waals surface area contributed by atoms with E-state index in [1.165, 1.54) is 0 Å². The number of benzene rings is 1. The van der Waals surface area contributed by atoms with E-state index >= 15 is 0 Å². The fraction of sp³-hybridized carbons (Fsp3) is 0.250. The molecule has 0 unspecified atom stereocenters. The van der Waals surface area contributed by atoms with Crippen LogP contribution in [0.25, 0.3) is 0 Å². The average molecular weight is 202 g/mol. The lowest BCUT2D eigenvalue weighted by Crippen LogP contribution is -1.97. The number of rotatable bonds is 1. The third-order valence-corrected chi connectivity index (χ3v) is 2.06.